The molecule has 1 aliphatic heterocycles. The molecule has 1 aromatic heterocycles. The number of hydrogen-bond donors (Lipinski definition) is 3. The fourth-order valence-corrected chi connectivity index (χ4v) is 4.53. The van der Waals surface area contributed by atoms with E-state index in [0.29, 0.717) is 28.9 Å². The topological polar surface area (TPSA) is 87.5 Å². The number of ketones is 1. The van der Waals surface area contributed by atoms with Gasteiger partial charge in [-0.05, 0) is 54.2 Å². The first-order valence-corrected chi connectivity index (χ1v) is 11.8. The predicted octanol–water partition coefficient (Wildman–Crippen LogP) is 4.12. The number of nitrogens with two attached hydrogens (primary N) is 1. The maximum Gasteiger partial charge on any atom is 0.255 e. The number of nitrogen functional groups attached to an aromatic ring is 1. The monoisotopic (exact) mass is 448 g/mol. The van der Waals surface area contributed by atoms with Crippen LogP contribution in [-0.4, -0.2) is 49.3 Å². The van der Waals surface area contributed by atoms with Crippen LogP contribution in [0, 0.1) is 0 Å². The van der Waals surface area contributed by atoms with Crippen molar-refractivity contribution in [3.63, 3.8) is 0 Å². The first-order chi connectivity index (χ1) is 15.6. The molecule has 0 saturated carbocycles. The molecule has 4 N–H and O–H groups in total. The number of amides is 1. The summed E-state index contributed by atoms with van der Waals surface area (Å²) >= 11 is 1.63. The van der Waals surface area contributed by atoms with Crippen LogP contribution in [0.15, 0.2) is 60.0 Å². The molecule has 0 aliphatic carbocycles. The van der Waals surface area contributed by atoms with E-state index >= 15 is 0 Å². The molecule has 0 bridgehead atoms. The van der Waals surface area contributed by atoms with E-state index in [4.69, 9.17) is 5.73 Å². The van der Waals surface area contributed by atoms with Crippen molar-refractivity contribution < 1.29 is 9.59 Å². The summed E-state index contributed by atoms with van der Waals surface area (Å²) < 4.78 is 0. The minimum absolute atomic E-state index is 0.111. The Morgan fingerprint density at radius 3 is 2.50 bits per heavy atom. The average molecular weight is 449 g/mol. The molecule has 32 heavy (non-hydrogen) atoms. The Labute approximate surface area is 192 Å². The standard InChI is InChI=1S/C25H28N4O2S/c26-21-10-9-20(24-4-2-16-32-24)17-22(21)28-25(31)19-7-5-18(6-8-19)23(30)3-1-13-29-14-11-27-12-15-29/h2,4-10,16-17,27H,1,3,11-15,26H2,(H,28,31). The van der Waals surface area contributed by atoms with Gasteiger partial charge in [0.2, 0.25) is 0 Å². The number of nitrogens with one attached hydrogen (secondary N) is 2. The number of Topliss-reactive ketones (excluding diaryl/α,β-unsaturated/α-hetero) is 1. The number of carbonyl (C=O) groups is 2. The first-order valence-electron chi connectivity index (χ1n) is 10.9. The predicted molar refractivity (Wildman–Crippen MR) is 131 cm³/mol. The van der Waals surface area contributed by atoms with Gasteiger partial charge in [-0.15, -0.1) is 11.3 Å². The molecule has 2 aromatic carbocycles. The van der Waals surface area contributed by atoms with E-state index in [-0.39, 0.29) is 11.7 Å². The largest absolute Gasteiger partial charge is 0.397 e. The summed E-state index contributed by atoms with van der Waals surface area (Å²) in [5.41, 5.74) is 9.29. The third kappa shape index (κ3) is 5.62. The average Bonchev–Trinajstić information content (AvgIpc) is 3.36. The van der Waals surface area contributed by atoms with Gasteiger partial charge >= 0.3 is 0 Å². The molecule has 3 aromatic rings. The van der Waals surface area contributed by atoms with Crippen molar-refractivity contribution in [2.75, 3.05) is 43.8 Å². The summed E-state index contributed by atoms with van der Waals surface area (Å²) in [7, 11) is 0. The number of rotatable bonds is 8. The number of nitrogens with zero attached hydrogens (tertiary/aromatic N) is 1. The molecule has 0 radical (unpaired) electrons. The summed E-state index contributed by atoms with van der Waals surface area (Å²) in [6, 6.07) is 16.5. The Bertz CT molecular complexity index is 1060. The third-order valence-electron chi connectivity index (χ3n) is 5.66. The Morgan fingerprint density at radius 1 is 1.03 bits per heavy atom. The fourth-order valence-electron chi connectivity index (χ4n) is 3.80. The van der Waals surface area contributed by atoms with Crippen molar-refractivity contribution in [1.29, 1.82) is 0 Å². The van der Waals surface area contributed by atoms with Gasteiger partial charge in [0, 0.05) is 48.6 Å². The van der Waals surface area contributed by atoms with E-state index in [1.165, 1.54) is 0 Å². The molecule has 0 atom stereocenters. The van der Waals surface area contributed by atoms with Gasteiger partial charge in [-0.2, -0.15) is 0 Å². The first kappa shape index (κ1) is 22.2. The van der Waals surface area contributed by atoms with Crippen molar-refractivity contribution in [3.05, 3.63) is 71.1 Å². The molecule has 6 nitrogen and oxygen atoms in total. The number of piperazine rings is 1. The molecule has 1 fully saturated rings. The van der Waals surface area contributed by atoms with E-state index in [9.17, 15) is 9.59 Å². The highest BCUT2D eigenvalue weighted by molar-refractivity contribution is 7.13. The van der Waals surface area contributed by atoms with E-state index in [2.05, 4.69) is 15.5 Å². The molecule has 4 rings (SSSR count). The zero-order valence-corrected chi connectivity index (χ0v) is 18.8. The lowest BCUT2D eigenvalue weighted by Gasteiger charge is -2.26. The van der Waals surface area contributed by atoms with E-state index in [0.717, 1.165) is 49.6 Å². The van der Waals surface area contributed by atoms with Gasteiger partial charge in [0.05, 0.1) is 11.4 Å². The second-order valence-electron chi connectivity index (χ2n) is 7.93. The van der Waals surface area contributed by atoms with Gasteiger partial charge in [0.1, 0.15) is 0 Å². The number of carbonyl (C=O) groups excluding carboxylic acids is 2. The fraction of sp³-hybridized carbons (Fsp3) is 0.280. The second-order valence-corrected chi connectivity index (χ2v) is 8.88. The summed E-state index contributed by atoms with van der Waals surface area (Å²) in [6.07, 6.45) is 1.36. The molecule has 2 heterocycles. The van der Waals surface area contributed by atoms with Crippen LogP contribution in [0.1, 0.15) is 33.6 Å². The van der Waals surface area contributed by atoms with Crippen LogP contribution in [-0.2, 0) is 0 Å². The number of benzene rings is 2. The normalized spacial score (nSPS) is 14.2. The quantitative estimate of drug-likeness (QED) is 0.356. The minimum atomic E-state index is -0.252. The van der Waals surface area contributed by atoms with Crippen LogP contribution in [0.4, 0.5) is 11.4 Å². The third-order valence-corrected chi connectivity index (χ3v) is 6.58. The van der Waals surface area contributed by atoms with E-state index < -0.39 is 0 Å². The summed E-state index contributed by atoms with van der Waals surface area (Å²) in [6.45, 7) is 5.06. The molecule has 166 valence electrons. The molecule has 1 amide bonds. The van der Waals surface area contributed by atoms with Gasteiger partial charge in [-0.3, -0.25) is 9.59 Å². The molecule has 1 aliphatic rings. The summed E-state index contributed by atoms with van der Waals surface area (Å²) in [5, 5.41) is 8.24. The molecule has 7 heteroatoms. The number of hydrogen-bond acceptors (Lipinski definition) is 6. The Morgan fingerprint density at radius 2 is 1.78 bits per heavy atom. The molecule has 0 spiro atoms. The zero-order chi connectivity index (χ0) is 22.3. The van der Waals surface area contributed by atoms with Crippen LogP contribution in [0.3, 0.4) is 0 Å². The van der Waals surface area contributed by atoms with Gasteiger partial charge in [-0.25, -0.2) is 0 Å². The zero-order valence-electron chi connectivity index (χ0n) is 18.0. The molecular weight excluding hydrogens is 420 g/mol. The highest BCUT2D eigenvalue weighted by atomic mass is 32.1. The smallest absolute Gasteiger partial charge is 0.255 e. The lowest BCUT2D eigenvalue weighted by Crippen LogP contribution is -2.43. The van der Waals surface area contributed by atoms with Crippen LogP contribution in [0.5, 0.6) is 0 Å². The highest BCUT2D eigenvalue weighted by Crippen LogP contribution is 2.30. The van der Waals surface area contributed by atoms with Crippen LogP contribution >= 0.6 is 11.3 Å². The second kappa shape index (κ2) is 10.5. The van der Waals surface area contributed by atoms with Crippen molar-refractivity contribution in [2.45, 2.75) is 12.8 Å². The molecule has 1 saturated heterocycles. The lowest BCUT2D eigenvalue weighted by molar-refractivity contribution is 0.0971. The summed E-state index contributed by atoms with van der Waals surface area (Å²) in [4.78, 5) is 28.7. The van der Waals surface area contributed by atoms with Crippen LogP contribution in [0.2, 0.25) is 0 Å². The highest BCUT2D eigenvalue weighted by Gasteiger charge is 2.13. The van der Waals surface area contributed by atoms with Crippen molar-refractivity contribution in [3.8, 4) is 10.4 Å². The number of anilines is 2. The maximum absolute atomic E-state index is 12.7. The molecular formula is C25H28N4O2S. The van der Waals surface area contributed by atoms with Gasteiger partial charge in [0.15, 0.2) is 5.78 Å². The van der Waals surface area contributed by atoms with E-state index in [1.54, 1.807) is 41.7 Å². The maximum atomic E-state index is 12.7. The van der Waals surface area contributed by atoms with Crippen LogP contribution < -0.4 is 16.4 Å². The Balaban J connectivity index is 1.34. The lowest BCUT2D eigenvalue weighted by atomic mass is 10.0. The minimum Gasteiger partial charge on any atom is -0.397 e. The van der Waals surface area contributed by atoms with E-state index in [1.807, 2.05) is 29.6 Å². The van der Waals surface area contributed by atoms with Crippen molar-refractivity contribution >= 4 is 34.4 Å². The van der Waals surface area contributed by atoms with Gasteiger partial charge in [0.25, 0.3) is 5.91 Å². The van der Waals surface area contributed by atoms with Crippen LogP contribution in [0.25, 0.3) is 10.4 Å². The van der Waals surface area contributed by atoms with Gasteiger partial charge < -0.3 is 21.3 Å². The molecule has 0 unspecified atom stereocenters. The van der Waals surface area contributed by atoms with Crippen molar-refractivity contribution in [1.82, 2.24) is 10.2 Å². The van der Waals surface area contributed by atoms with Gasteiger partial charge in [-0.1, -0.05) is 24.3 Å². The summed E-state index contributed by atoms with van der Waals surface area (Å²) in [5.74, 6) is -0.141. The Hall–Kier alpha value is -3.00. The van der Waals surface area contributed by atoms with Crippen molar-refractivity contribution in [2.24, 2.45) is 0 Å². The Kier molecular flexibility index (Phi) is 7.32. The SMILES string of the molecule is Nc1ccc(-c2cccs2)cc1NC(=O)c1ccc(C(=O)CCCN2CCNCC2)cc1. The number of thiophene rings is 1.